The topological polar surface area (TPSA) is 68.3 Å². The smallest absolute Gasteiger partial charge is 0.258 e. The Morgan fingerprint density at radius 1 is 1.07 bits per heavy atom. The summed E-state index contributed by atoms with van der Waals surface area (Å²) >= 11 is 7.33. The molecule has 3 rings (SSSR count). The molecule has 5 nitrogen and oxygen atoms in total. The molecule has 0 aliphatic rings. The number of benzene rings is 2. The van der Waals surface area contributed by atoms with Crippen LogP contribution in [0.2, 0.25) is 5.02 Å². The minimum absolute atomic E-state index is 0.105. The summed E-state index contributed by atoms with van der Waals surface area (Å²) in [5, 5.41) is 6.18. The van der Waals surface area contributed by atoms with Crippen molar-refractivity contribution in [3.8, 4) is 5.75 Å². The van der Waals surface area contributed by atoms with Crippen molar-refractivity contribution < 1.29 is 14.3 Å². The molecule has 28 heavy (non-hydrogen) atoms. The fraction of sp³-hybridized carbons (Fsp3) is 0.190. The molecule has 2 aromatic carbocycles. The van der Waals surface area contributed by atoms with E-state index in [1.54, 1.807) is 54.7 Å². The van der Waals surface area contributed by atoms with Gasteiger partial charge in [-0.1, -0.05) is 11.6 Å². The largest absolute Gasteiger partial charge is 0.484 e. The van der Waals surface area contributed by atoms with Gasteiger partial charge in [-0.2, -0.15) is 0 Å². The van der Waals surface area contributed by atoms with Crippen LogP contribution in [0.15, 0.2) is 60.1 Å². The summed E-state index contributed by atoms with van der Waals surface area (Å²) in [7, 11) is 0. The monoisotopic (exact) mass is 414 g/mol. The molecule has 1 N–H and O–H groups in total. The number of halogens is 1. The van der Waals surface area contributed by atoms with E-state index < -0.39 is 5.54 Å². The lowest BCUT2D eigenvalue weighted by atomic mass is 10.0. The number of hydrogen-bond donors (Lipinski definition) is 1. The molecule has 0 aliphatic carbocycles. The van der Waals surface area contributed by atoms with Crippen LogP contribution in [0.3, 0.4) is 0 Å². The minimum Gasteiger partial charge on any atom is -0.484 e. The van der Waals surface area contributed by atoms with E-state index in [0.29, 0.717) is 21.9 Å². The first-order valence-corrected chi connectivity index (χ1v) is 9.85. The van der Waals surface area contributed by atoms with Crippen molar-refractivity contribution >= 4 is 34.6 Å². The SMILES string of the molecule is CC(C)(NC(=O)COc1ccc(C(=O)c2ccc(Cl)cc2)cc1)c1nccs1. The van der Waals surface area contributed by atoms with Gasteiger partial charge < -0.3 is 10.1 Å². The highest BCUT2D eigenvalue weighted by Gasteiger charge is 2.25. The third kappa shape index (κ3) is 4.97. The molecule has 0 aliphatic heterocycles. The standard InChI is InChI=1S/C21H19ClN2O3S/c1-21(2,20-23-11-12-28-20)24-18(25)13-27-17-9-5-15(6-10-17)19(26)14-3-7-16(22)8-4-14/h3-12H,13H2,1-2H3,(H,24,25). The number of hydrogen-bond acceptors (Lipinski definition) is 5. The second kappa shape index (κ2) is 8.54. The number of carbonyl (C=O) groups is 2. The zero-order valence-electron chi connectivity index (χ0n) is 15.4. The fourth-order valence-electron chi connectivity index (χ4n) is 2.59. The second-order valence-corrected chi connectivity index (χ2v) is 7.99. The molecule has 1 amide bonds. The number of nitrogens with zero attached hydrogens (tertiary/aromatic N) is 1. The van der Waals surface area contributed by atoms with Crippen LogP contribution in [0.25, 0.3) is 0 Å². The summed E-state index contributed by atoms with van der Waals surface area (Å²) in [6, 6.07) is 13.4. The number of carbonyl (C=O) groups excluding carboxylic acids is 2. The summed E-state index contributed by atoms with van der Waals surface area (Å²) in [6.07, 6.45) is 1.71. The molecule has 144 valence electrons. The summed E-state index contributed by atoms with van der Waals surface area (Å²) < 4.78 is 5.53. The van der Waals surface area contributed by atoms with Gasteiger partial charge >= 0.3 is 0 Å². The predicted octanol–water partition coefficient (Wildman–Crippen LogP) is 4.46. The van der Waals surface area contributed by atoms with E-state index in [9.17, 15) is 9.59 Å². The Balaban J connectivity index is 1.56. The van der Waals surface area contributed by atoms with E-state index >= 15 is 0 Å². The highest BCUT2D eigenvalue weighted by Crippen LogP contribution is 2.22. The number of ether oxygens (including phenoxy) is 1. The van der Waals surface area contributed by atoms with Gasteiger partial charge in [-0.25, -0.2) is 4.98 Å². The van der Waals surface area contributed by atoms with Crippen LogP contribution < -0.4 is 10.1 Å². The number of aromatic nitrogens is 1. The predicted molar refractivity (Wildman–Crippen MR) is 110 cm³/mol. The molecule has 0 saturated heterocycles. The lowest BCUT2D eigenvalue weighted by Gasteiger charge is -2.23. The van der Waals surface area contributed by atoms with Crippen LogP contribution in [0.1, 0.15) is 34.8 Å². The van der Waals surface area contributed by atoms with E-state index in [2.05, 4.69) is 10.3 Å². The van der Waals surface area contributed by atoms with E-state index in [-0.39, 0.29) is 18.3 Å². The van der Waals surface area contributed by atoms with Gasteiger partial charge in [-0.15, -0.1) is 11.3 Å². The average molecular weight is 415 g/mol. The highest BCUT2D eigenvalue weighted by molar-refractivity contribution is 7.09. The van der Waals surface area contributed by atoms with Gasteiger partial charge in [-0.05, 0) is 62.4 Å². The molecule has 0 atom stereocenters. The summed E-state index contributed by atoms with van der Waals surface area (Å²) in [5.41, 5.74) is 0.523. The average Bonchev–Trinajstić information content (AvgIpc) is 3.22. The highest BCUT2D eigenvalue weighted by atomic mass is 35.5. The summed E-state index contributed by atoms with van der Waals surface area (Å²) in [6.45, 7) is 3.65. The third-order valence-corrected chi connectivity index (χ3v) is 5.36. The second-order valence-electron chi connectivity index (χ2n) is 6.66. The molecule has 1 aromatic heterocycles. The Morgan fingerprint density at radius 3 is 2.25 bits per heavy atom. The Kier molecular flexibility index (Phi) is 6.11. The maximum Gasteiger partial charge on any atom is 0.258 e. The first-order chi connectivity index (χ1) is 13.3. The number of ketones is 1. The van der Waals surface area contributed by atoms with Crippen molar-refractivity contribution in [2.24, 2.45) is 0 Å². The third-order valence-electron chi connectivity index (χ3n) is 4.01. The minimum atomic E-state index is -0.566. The van der Waals surface area contributed by atoms with E-state index in [0.717, 1.165) is 5.01 Å². The molecule has 3 aromatic rings. The van der Waals surface area contributed by atoms with Gasteiger partial charge in [0.25, 0.3) is 5.91 Å². The molecule has 0 radical (unpaired) electrons. The van der Waals surface area contributed by atoms with Crippen molar-refractivity contribution in [3.05, 3.63) is 81.3 Å². The maximum absolute atomic E-state index is 12.5. The fourth-order valence-corrected chi connectivity index (χ4v) is 3.43. The lowest BCUT2D eigenvalue weighted by Crippen LogP contribution is -2.43. The van der Waals surface area contributed by atoms with Crippen molar-refractivity contribution in [3.63, 3.8) is 0 Å². The molecule has 1 heterocycles. The molecule has 7 heteroatoms. The van der Waals surface area contributed by atoms with Gasteiger partial charge in [0.15, 0.2) is 12.4 Å². The van der Waals surface area contributed by atoms with Crippen LogP contribution in [0.5, 0.6) is 5.75 Å². The van der Waals surface area contributed by atoms with E-state index in [1.165, 1.54) is 11.3 Å². The Bertz CT molecular complexity index is 952. The number of amides is 1. The molecule has 0 spiro atoms. The van der Waals surface area contributed by atoms with Crippen LogP contribution in [-0.2, 0) is 10.3 Å². The van der Waals surface area contributed by atoms with Gasteiger partial charge in [0.05, 0.1) is 5.54 Å². The first kappa shape index (κ1) is 20.0. The quantitative estimate of drug-likeness (QED) is 0.579. The first-order valence-electron chi connectivity index (χ1n) is 8.59. The van der Waals surface area contributed by atoms with Crippen LogP contribution in [0.4, 0.5) is 0 Å². The molecule has 0 bridgehead atoms. The lowest BCUT2D eigenvalue weighted by molar-refractivity contribution is -0.124. The van der Waals surface area contributed by atoms with Crippen molar-refractivity contribution in [2.45, 2.75) is 19.4 Å². The molecule has 0 fully saturated rings. The number of nitrogens with one attached hydrogen (secondary N) is 1. The zero-order valence-corrected chi connectivity index (χ0v) is 17.0. The maximum atomic E-state index is 12.5. The van der Waals surface area contributed by atoms with Crippen LogP contribution >= 0.6 is 22.9 Å². The van der Waals surface area contributed by atoms with Crippen LogP contribution in [0, 0.1) is 0 Å². The van der Waals surface area contributed by atoms with Gasteiger partial charge in [0.2, 0.25) is 0 Å². The van der Waals surface area contributed by atoms with Gasteiger partial charge in [-0.3, -0.25) is 9.59 Å². The number of rotatable bonds is 7. The summed E-state index contributed by atoms with van der Waals surface area (Å²) in [5.74, 6) is 0.155. The van der Waals surface area contributed by atoms with Gasteiger partial charge in [0, 0.05) is 27.7 Å². The van der Waals surface area contributed by atoms with Crippen LogP contribution in [-0.4, -0.2) is 23.3 Å². The van der Waals surface area contributed by atoms with Crippen molar-refractivity contribution in [1.82, 2.24) is 10.3 Å². The Hall–Kier alpha value is -2.70. The Morgan fingerprint density at radius 2 is 1.68 bits per heavy atom. The normalized spacial score (nSPS) is 11.1. The zero-order chi connectivity index (χ0) is 20.1. The number of thiazole rings is 1. The van der Waals surface area contributed by atoms with E-state index in [1.807, 2.05) is 19.2 Å². The summed E-state index contributed by atoms with van der Waals surface area (Å²) in [4.78, 5) is 28.9. The molecule has 0 saturated carbocycles. The molecular formula is C21H19ClN2O3S. The van der Waals surface area contributed by atoms with E-state index in [4.69, 9.17) is 16.3 Å². The molecule has 0 unspecified atom stereocenters. The van der Waals surface area contributed by atoms with Crippen molar-refractivity contribution in [2.75, 3.05) is 6.61 Å². The van der Waals surface area contributed by atoms with Crippen molar-refractivity contribution in [1.29, 1.82) is 0 Å². The Labute approximate surface area is 172 Å². The van der Waals surface area contributed by atoms with Gasteiger partial charge in [0.1, 0.15) is 10.8 Å². The molecular weight excluding hydrogens is 396 g/mol.